The molecule has 3 rings (SSSR count). The molecule has 0 bridgehead atoms. The number of amides is 1. The zero-order valence-electron chi connectivity index (χ0n) is 16.4. The number of rotatable bonds is 6. The third kappa shape index (κ3) is 4.89. The monoisotopic (exact) mass is 382 g/mol. The maximum absolute atomic E-state index is 12.7. The van der Waals surface area contributed by atoms with Crippen LogP contribution in [-0.4, -0.2) is 61.6 Å². The first-order valence-electron chi connectivity index (χ1n) is 9.52. The van der Waals surface area contributed by atoms with Crippen molar-refractivity contribution >= 4 is 11.9 Å². The molecule has 1 aliphatic heterocycles. The molecule has 0 saturated carbocycles. The molecule has 6 nitrogen and oxygen atoms in total. The Balaban J connectivity index is 1.51. The second-order valence-corrected chi connectivity index (χ2v) is 6.71. The van der Waals surface area contributed by atoms with Crippen molar-refractivity contribution in [1.82, 2.24) is 9.80 Å². The first kappa shape index (κ1) is 19.9. The number of carbonyl (C=O) groups excluding carboxylic acids is 2. The Morgan fingerprint density at radius 1 is 0.893 bits per heavy atom. The van der Waals surface area contributed by atoms with E-state index in [1.807, 2.05) is 24.0 Å². The van der Waals surface area contributed by atoms with Crippen molar-refractivity contribution in [1.29, 1.82) is 0 Å². The van der Waals surface area contributed by atoms with Crippen molar-refractivity contribution in [2.75, 3.05) is 39.9 Å². The summed E-state index contributed by atoms with van der Waals surface area (Å²) in [4.78, 5) is 28.4. The fourth-order valence-corrected chi connectivity index (χ4v) is 3.27. The lowest BCUT2D eigenvalue weighted by Gasteiger charge is -2.34. The summed E-state index contributed by atoms with van der Waals surface area (Å²) in [7, 11) is 1.34. The summed E-state index contributed by atoms with van der Waals surface area (Å²) in [6.07, 6.45) is 0. The molecule has 1 fully saturated rings. The highest BCUT2D eigenvalue weighted by atomic mass is 16.5. The normalized spacial score (nSPS) is 14.6. The lowest BCUT2D eigenvalue weighted by molar-refractivity contribution is 0.0596. The second-order valence-electron chi connectivity index (χ2n) is 6.71. The topological polar surface area (TPSA) is 59.1 Å². The van der Waals surface area contributed by atoms with Gasteiger partial charge in [-0.2, -0.15) is 0 Å². The summed E-state index contributed by atoms with van der Waals surface area (Å²) < 4.78 is 10.2. The van der Waals surface area contributed by atoms with Crippen molar-refractivity contribution in [3.63, 3.8) is 0 Å². The number of hydrogen-bond acceptors (Lipinski definition) is 5. The average molecular weight is 382 g/mol. The Morgan fingerprint density at radius 3 is 2.07 bits per heavy atom. The van der Waals surface area contributed by atoms with E-state index in [4.69, 9.17) is 4.74 Å². The molecule has 2 aromatic rings. The minimum Gasteiger partial charge on any atom is -0.494 e. The van der Waals surface area contributed by atoms with Gasteiger partial charge < -0.3 is 14.4 Å². The second kappa shape index (κ2) is 9.37. The Kier molecular flexibility index (Phi) is 6.66. The number of piperazine rings is 1. The largest absolute Gasteiger partial charge is 0.494 e. The van der Waals surface area contributed by atoms with E-state index in [-0.39, 0.29) is 5.91 Å². The van der Waals surface area contributed by atoms with Crippen LogP contribution in [-0.2, 0) is 11.3 Å². The molecule has 1 saturated heterocycles. The number of hydrogen-bond donors (Lipinski definition) is 0. The van der Waals surface area contributed by atoms with Crippen LogP contribution in [0.3, 0.4) is 0 Å². The highest BCUT2D eigenvalue weighted by molar-refractivity contribution is 5.96. The molecule has 1 aliphatic rings. The molecule has 28 heavy (non-hydrogen) atoms. The SMILES string of the molecule is CCOc1ccc(CN2CCN(C(=O)c3ccc(C(=O)OC)cc3)CC2)cc1. The molecule has 2 aromatic carbocycles. The molecule has 6 heteroatoms. The van der Waals surface area contributed by atoms with Gasteiger partial charge in [-0.05, 0) is 48.9 Å². The predicted octanol–water partition coefficient (Wildman–Crippen LogP) is 2.83. The van der Waals surface area contributed by atoms with Crippen LogP contribution in [0.5, 0.6) is 5.75 Å². The van der Waals surface area contributed by atoms with Crippen LogP contribution in [0.15, 0.2) is 48.5 Å². The summed E-state index contributed by atoms with van der Waals surface area (Å²) in [6, 6.07) is 14.8. The Labute approximate surface area is 165 Å². The van der Waals surface area contributed by atoms with E-state index in [1.54, 1.807) is 24.3 Å². The van der Waals surface area contributed by atoms with Crippen molar-refractivity contribution in [3.05, 3.63) is 65.2 Å². The van der Waals surface area contributed by atoms with Crippen molar-refractivity contribution in [2.45, 2.75) is 13.5 Å². The number of ether oxygens (including phenoxy) is 2. The highest BCUT2D eigenvalue weighted by Crippen LogP contribution is 2.16. The van der Waals surface area contributed by atoms with E-state index in [0.717, 1.165) is 25.4 Å². The standard InChI is InChI=1S/C22H26N2O4/c1-3-28-20-10-4-17(5-11-20)16-23-12-14-24(15-13-23)21(25)18-6-8-19(9-7-18)22(26)27-2/h4-11H,3,12-16H2,1-2H3. The highest BCUT2D eigenvalue weighted by Gasteiger charge is 2.22. The van der Waals surface area contributed by atoms with Gasteiger partial charge in [0.15, 0.2) is 0 Å². The van der Waals surface area contributed by atoms with E-state index < -0.39 is 5.97 Å². The Bertz CT molecular complexity index is 794. The van der Waals surface area contributed by atoms with Crippen LogP contribution >= 0.6 is 0 Å². The van der Waals surface area contributed by atoms with Gasteiger partial charge in [0, 0.05) is 38.3 Å². The van der Waals surface area contributed by atoms with Gasteiger partial charge >= 0.3 is 5.97 Å². The lowest BCUT2D eigenvalue weighted by Crippen LogP contribution is -2.48. The fourth-order valence-electron chi connectivity index (χ4n) is 3.27. The van der Waals surface area contributed by atoms with E-state index in [0.29, 0.717) is 30.8 Å². The minimum atomic E-state index is -0.401. The van der Waals surface area contributed by atoms with Crippen molar-refractivity contribution in [2.24, 2.45) is 0 Å². The van der Waals surface area contributed by atoms with Crippen LogP contribution in [0.4, 0.5) is 0 Å². The van der Waals surface area contributed by atoms with Gasteiger partial charge in [-0.3, -0.25) is 9.69 Å². The molecule has 148 valence electrons. The number of benzene rings is 2. The van der Waals surface area contributed by atoms with Crippen LogP contribution in [0.1, 0.15) is 33.2 Å². The first-order chi connectivity index (χ1) is 13.6. The Morgan fingerprint density at radius 2 is 1.50 bits per heavy atom. The zero-order valence-corrected chi connectivity index (χ0v) is 16.4. The van der Waals surface area contributed by atoms with E-state index in [2.05, 4.69) is 21.8 Å². The number of methoxy groups -OCH3 is 1. The maximum atomic E-state index is 12.7. The molecule has 0 unspecified atom stereocenters. The van der Waals surface area contributed by atoms with Gasteiger partial charge in [-0.1, -0.05) is 12.1 Å². The predicted molar refractivity (Wildman–Crippen MR) is 107 cm³/mol. The summed E-state index contributed by atoms with van der Waals surface area (Å²) in [5.74, 6) is 0.485. The summed E-state index contributed by atoms with van der Waals surface area (Å²) >= 11 is 0. The van der Waals surface area contributed by atoms with Crippen LogP contribution in [0, 0.1) is 0 Å². The smallest absolute Gasteiger partial charge is 0.337 e. The summed E-state index contributed by atoms with van der Waals surface area (Å²) in [6.45, 7) is 6.55. The van der Waals surface area contributed by atoms with Gasteiger partial charge in [0.1, 0.15) is 5.75 Å². The molecule has 0 spiro atoms. The van der Waals surface area contributed by atoms with Crippen LogP contribution < -0.4 is 4.74 Å². The van der Waals surface area contributed by atoms with Crippen LogP contribution in [0.25, 0.3) is 0 Å². The molecule has 0 N–H and O–H groups in total. The third-order valence-electron chi connectivity index (χ3n) is 4.85. The van der Waals surface area contributed by atoms with Crippen molar-refractivity contribution < 1.29 is 19.1 Å². The van der Waals surface area contributed by atoms with Gasteiger partial charge in [0.25, 0.3) is 5.91 Å². The van der Waals surface area contributed by atoms with E-state index in [9.17, 15) is 9.59 Å². The first-order valence-corrected chi connectivity index (χ1v) is 9.52. The van der Waals surface area contributed by atoms with Gasteiger partial charge in [-0.15, -0.1) is 0 Å². The van der Waals surface area contributed by atoms with Gasteiger partial charge in [-0.25, -0.2) is 4.79 Å². The zero-order chi connectivity index (χ0) is 19.9. The van der Waals surface area contributed by atoms with Gasteiger partial charge in [0.2, 0.25) is 0 Å². The van der Waals surface area contributed by atoms with Gasteiger partial charge in [0.05, 0.1) is 19.3 Å². The third-order valence-corrected chi connectivity index (χ3v) is 4.85. The Hall–Kier alpha value is -2.86. The molecule has 0 atom stereocenters. The minimum absolute atomic E-state index is 0.00265. The molecular formula is C22H26N2O4. The molecule has 0 radical (unpaired) electrons. The molecule has 0 aliphatic carbocycles. The molecule has 0 aromatic heterocycles. The lowest BCUT2D eigenvalue weighted by atomic mass is 10.1. The molecular weight excluding hydrogens is 356 g/mol. The van der Waals surface area contributed by atoms with E-state index >= 15 is 0 Å². The number of nitrogens with zero attached hydrogens (tertiary/aromatic N) is 2. The van der Waals surface area contributed by atoms with Crippen molar-refractivity contribution in [3.8, 4) is 5.75 Å². The quantitative estimate of drug-likeness (QED) is 0.719. The fraction of sp³-hybridized carbons (Fsp3) is 0.364. The molecule has 1 amide bonds. The summed E-state index contributed by atoms with van der Waals surface area (Å²) in [5.41, 5.74) is 2.27. The maximum Gasteiger partial charge on any atom is 0.337 e. The number of esters is 1. The van der Waals surface area contributed by atoms with E-state index in [1.165, 1.54) is 12.7 Å². The van der Waals surface area contributed by atoms with Crippen LogP contribution in [0.2, 0.25) is 0 Å². The average Bonchev–Trinajstić information content (AvgIpc) is 2.75. The number of carbonyl (C=O) groups is 2. The summed E-state index contributed by atoms with van der Waals surface area (Å²) in [5, 5.41) is 0. The molecule has 1 heterocycles.